The van der Waals surface area contributed by atoms with Crippen LogP contribution in [0.15, 0.2) is 30.3 Å². The molecule has 3 N–H and O–H groups in total. The van der Waals surface area contributed by atoms with Gasteiger partial charge in [0.1, 0.15) is 0 Å². The zero-order valence-electron chi connectivity index (χ0n) is 10.8. The van der Waals surface area contributed by atoms with Gasteiger partial charge in [-0.25, -0.2) is 0 Å². The van der Waals surface area contributed by atoms with Crippen molar-refractivity contribution >= 4 is 11.8 Å². The van der Waals surface area contributed by atoms with Crippen LogP contribution in [0.2, 0.25) is 0 Å². The van der Waals surface area contributed by atoms with Crippen LogP contribution in [0.4, 0.5) is 0 Å². The summed E-state index contributed by atoms with van der Waals surface area (Å²) in [6.07, 6.45) is 1.95. The fraction of sp³-hybridized carbons (Fsp3) is 0.429. The molecule has 2 amide bonds. The Hall–Kier alpha value is -1.88. The molecule has 0 aromatic heterocycles. The van der Waals surface area contributed by atoms with E-state index < -0.39 is 11.8 Å². The lowest BCUT2D eigenvalue weighted by Gasteiger charge is -2.21. The van der Waals surface area contributed by atoms with Gasteiger partial charge in [0.2, 0.25) is 0 Å². The Balaban J connectivity index is 2.00. The molecule has 0 aliphatic heterocycles. The van der Waals surface area contributed by atoms with Gasteiger partial charge in [0.25, 0.3) is 0 Å². The monoisotopic (exact) mass is 261 g/mol. The minimum absolute atomic E-state index is 0.205. The molecule has 1 aromatic carbocycles. The van der Waals surface area contributed by atoms with Crippen LogP contribution in [-0.4, -0.2) is 35.8 Å². The van der Waals surface area contributed by atoms with Gasteiger partial charge < -0.3 is 16.0 Å². The van der Waals surface area contributed by atoms with Crippen LogP contribution in [0, 0.1) is 0 Å². The van der Waals surface area contributed by atoms with E-state index in [1.807, 2.05) is 30.3 Å². The summed E-state index contributed by atoms with van der Waals surface area (Å²) in [4.78, 5) is 25.5. The van der Waals surface area contributed by atoms with Gasteiger partial charge in [0.05, 0.1) is 0 Å². The van der Waals surface area contributed by atoms with Gasteiger partial charge in [-0.15, -0.1) is 0 Å². The first-order valence-electron chi connectivity index (χ1n) is 6.55. The lowest BCUT2D eigenvalue weighted by Crippen LogP contribution is -2.44. The molecular weight excluding hydrogens is 242 g/mol. The Bertz CT molecular complexity index is 443. The third-order valence-corrected chi connectivity index (χ3v) is 3.07. The third-order valence-electron chi connectivity index (χ3n) is 3.07. The van der Waals surface area contributed by atoms with Gasteiger partial charge in [0.15, 0.2) is 0 Å². The number of hydrogen-bond donors (Lipinski definition) is 2. The van der Waals surface area contributed by atoms with E-state index >= 15 is 0 Å². The molecule has 0 saturated heterocycles. The number of hydrogen-bond acceptors (Lipinski definition) is 3. The maximum absolute atomic E-state index is 12.1. The van der Waals surface area contributed by atoms with Crippen LogP contribution in [0.25, 0.3) is 0 Å². The van der Waals surface area contributed by atoms with Gasteiger partial charge >= 0.3 is 11.8 Å². The van der Waals surface area contributed by atoms with Crippen LogP contribution >= 0.6 is 0 Å². The number of nitrogens with two attached hydrogens (primary N) is 1. The lowest BCUT2D eigenvalue weighted by atomic mass is 10.2. The molecule has 1 aliphatic carbocycles. The summed E-state index contributed by atoms with van der Waals surface area (Å²) in [5.74, 6) is -1.02. The van der Waals surface area contributed by atoms with E-state index in [4.69, 9.17) is 5.73 Å². The average molecular weight is 261 g/mol. The van der Waals surface area contributed by atoms with Crippen molar-refractivity contribution in [2.45, 2.75) is 25.4 Å². The number of rotatable bonds is 5. The lowest BCUT2D eigenvalue weighted by molar-refractivity contribution is -0.146. The number of carbonyl (C=O) groups is 2. The summed E-state index contributed by atoms with van der Waals surface area (Å²) in [7, 11) is 0. The molecule has 5 nitrogen and oxygen atoms in total. The van der Waals surface area contributed by atoms with E-state index in [9.17, 15) is 9.59 Å². The van der Waals surface area contributed by atoms with E-state index in [1.165, 1.54) is 0 Å². The highest BCUT2D eigenvalue weighted by Crippen LogP contribution is 2.28. The molecule has 0 unspecified atom stereocenters. The predicted octanol–water partition coefficient (Wildman–Crippen LogP) is 0.252. The molecular formula is C14H19N3O2. The van der Waals surface area contributed by atoms with Crippen LogP contribution in [0.1, 0.15) is 18.4 Å². The van der Waals surface area contributed by atoms with Crippen molar-refractivity contribution in [1.82, 2.24) is 10.2 Å². The quantitative estimate of drug-likeness (QED) is 0.746. The molecule has 0 bridgehead atoms. The van der Waals surface area contributed by atoms with Gasteiger partial charge in [0, 0.05) is 25.7 Å². The molecule has 102 valence electrons. The molecule has 0 atom stereocenters. The average Bonchev–Trinajstić information content (AvgIpc) is 3.27. The highest BCUT2D eigenvalue weighted by atomic mass is 16.2. The number of carbonyl (C=O) groups excluding carboxylic acids is 2. The van der Waals surface area contributed by atoms with Gasteiger partial charge in [-0.2, -0.15) is 0 Å². The van der Waals surface area contributed by atoms with Gasteiger partial charge in [-0.3, -0.25) is 9.59 Å². The molecule has 2 rings (SSSR count). The van der Waals surface area contributed by atoms with E-state index in [-0.39, 0.29) is 6.04 Å². The molecule has 19 heavy (non-hydrogen) atoms. The van der Waals surface area contributed by atoms with Crippen LogP contribution in [0.3, 0.4) is 0 Å². The van der Waals surface area contributed by atoms with Crippen molar-refractivity contribution in [3.63, 3.8) is 0 Å². The Morgan fingerprint density at radius 3 is 2.53 bits per heavy atom. The standard InChI is InChI=1S/C14H19N3O2/c15-8-9-16-13(18)14(19)17(12-6-7-12)10-11-4-2-1-3-5-11/h1-5,12H,6-10,15H2,(H,16,18). The normalized spacial score (nSPS) is 13.9. The second-order valence-electron chi connectivity index (χ2n) is 4.69. The summed E-state index contributed by atoms with van der Waals surface area (Å²) >= 11 is 0. The van der Waals surface area contributed by atoms with Gasteiger partial charge in [-0.1, -0.05) is 30.3 Å². The van der Waals surface area contributed by atoms with E-state index in [2.05, 4.69) is 5.32 Å². The SMILES string of the molecule is NCCNC(=O)C(=O)N(Cc1ccccc1)C1CC1. The predicted molar refractivity (Wildman–Crippen MR) is 72.1 cm³/mol. The summed E-state index contributed by atoms with van der Waals surface area (Å²) in [5.41, 5.74) is 6.35. The summed E-state index contributed by atoms with van der Waals surface area (Å²) in [6, 6.07) is 9.91. The molecule has 1 fully saturated rings. The number of amides is 2. The summed E-state index contributed by atoms with van der Waals surface area (Å²) in [5, 5.41) is 2.53. The van der Waals surface area contributed by atoms with Crippen LogP contribution < -0.4 is 11.1 Å². The zero-order valence-corrected chi connectivity index (χ0v) is 10.8. The molecule has 0 spiro atoms. The molecule has 5 heteroatoms. The van der Waals surface area contributed by atoms with E-state index in [0.717, 1.165) is 18.4 Å². The topological polar surface area (TPSA) is 75.4 Å². The first-order valence-corrected chi connectivity index (χ1v) is 6.55. The van der Waals surface area contributed by atoms with E-state index in [0.29, 0.717) is 19.6 Å². The number of benzene rings is 1. The second kappa shape index (κ2) is 6.33. The maximum atomic E-state index is 12.1. The summed E-state index contributed by atoms with van der Waals surface area (Å²) in [6.45, 7) is 1.15. The molecule has 1 saturated carbocycles. The number of nitrogens with one attached hydrogen (secondary N) is 1. The first-order chi connectivity index (χ1) is 9.22. The highest BCUT2D eigenvalue weighted by Gasteiger charge is 2.35. The van der Waals surface area contributed by atoms with Gasteiger partial charge in [-0.05, 0) is 18.4 Å². The van der Waals surface area contributed by atoms with Crippen molar-refractivity contribution in [1.29, 1.82) is 0 Å². The minimum atomic E-state index is -0.562. The molecule has 1 aromatic rings. The Morgan fingerprint density at radius 2 is 1.95 bits per heavy atom. The fourth-order valence-electron chi connectivity index (χ4n) is 1.92. The maximum Gasteiger partial charge on any atom is 0.312 e. The summed E-state index contributed by atoms with van der Waals surface area (Å²) < 4.78 is 0. The van der Waals surface area contributed by atoms with Crippen molar-refractivity contribution in [2.24, 2.45) is 5.73 Å². The molecule has 0 radical (unpaired) electrons. The minimum Gasteiger partial charge on any atom is -0.347 e. The van der Waals surface area contributed by atoms with Crippen molar-refractivity contribution in [2.75, 3.05) is 13.1 Å². The molecule has 1 aliphatic rings. The first kappa shape index (κ1) is 13.5. The largest absolute Gasteiger partial charge is 0.347 e. The van der Waals surface area contributed by atoms with Crippen LogP contribution in [-0.2, 0) is 16.1 Å². The van der Waals surface area contributed by atoms with Crippen molar-refractivity contribution < 1.29 is 9.59 Å². The van der Waals surface area contributed by atoms with Crippen LogP contribution in [0.5, 0.6) is 0 Å². The Labute approximate surface area is 112 Å². The smallest absolute Gasteiger partial charge is 0.312 e. The molecule has 0 heterocycles. The van der Waals surface area contributed by atoms with E-state index in [1.54, 1.807) is 4.90 Å². The fourth-order valence-corrected chi connectivity index (χ4v) is 1.92. The van der Waals surface area contributed by atoms with Crippen molar-refractivity contribution in [3.8, 4) is 0 Å². The zero-order chi connectivity index (χ0) is 13.7. The number of nitrogens with zero attached hydrogens (tertiary/aromatic N) is 1. The Morgan fingerprint density at radius 1 is 1.26 bits per heavy atom. The Kier molecular flexibility index (Phi) is 4.52. The highest BCUT2D eigenvalue weighted by molar-refractivity contribution is 6.35. The van der Waals surface area contributed by atoms with Crippen molar-refractivity contribution in [3.05, 3.63) is 35.9 Å². The third kappa shape index (κ3) is 3.79. The second-order valence-corrected chi connectivity index (χ2v) is 4.69.